The minimum atomic E-state index is -0.521. The first-order valence-corrected chi connectivity index (χ1v) is 8.62. The molecule has 132 valence electrons. The highest BCUT2D eigenvalue weighted by molar-refractivity contribution is 5.69. The predicted molar refractivity (Wildman–Crippen MR) is 96.1 cm³/mol. The summed E-state index contributed by atoms with van der Waals surface area (Å²) in [5.41, 5.74) is 1.71. The van der Waals surface area contributed by atoms with Crippen molar-refractivity contribution >= 4 is 6.09 Å². The van der Waals surface area contributed by atoms with Gasteiger partial charge in [-0.05, 0) is 44.0 Å². The van der Waals surface area contributed by atoms with E-state index in [4.69, 9.17) is 4.74 Å². The molecule has 1 fully saturated rings. The molecule has 2 aromatic rings. The second-order valence-corrected chi connectivity index (χ2v) is 7.56. The summed E-state index contributed by atoms with van der Waals surface area (Å²) >= 11 is 0. The summed E-state index contributed by atoms with van der Waals surface area (Å²) in [5, 5.41) is 0. The van der Waals surface area contributed by atoms with E-state index in [9.17, 15) is 9.18 Å². The Morgan fingerprint density at radius 2 is 1.48 bits per heavy atom. The number of hydrogen-bond donors (Lipinski definition) is 0. The Morgan fingerprint density at radius 1 is 0.960 bits per heavy atom. The van der Waals surface area contributed by atoms with Crippen LogP contribution < -0.4 is 0 Å². The van der Waals surface area contributed by atoms with Gasteiger partial charge in [0.05, 0.1) is 0 Å². The van der Waals surface area contributed by atoms with Crippen LogP contribution in [0.25, 0.3) is 0 Å². The van der Waals surface area contributed by atoms with E-state index in [1.807, 2.05) is 51.1 Å². The molecule has 1 aliphatic heterocycles. The van der Waals surface area contributed by atoms with Crippen LogP contribution in [-0.4, -0.2) is 29.7 Å². The Labute approximate surface area is 148 Å². The average molecular weight is 341 g/mol. The highest BCUT2D eigenvalue weighted by Gasteiger charge is 2.38. The van der Waals surface area contributed by atoms with Gasteiger partial charge >= 0.3 is 6.09 Å². The van der Waals surface area contributed by atoms with Gasteiger partial charge in [0.1, 0.15) is 11.4 Å². The van der Waals surface area contributed by atoms with Crippen molar-refractivity contribution in [3.8, 4) is 0 Å². The van der Waals surface area contributed by atoms with Crippen molar-refractivity contribution in [2.24, 2.45) is 0 Å². The molecule has 1 aliphatic rings. The fraction of sp³-hybridized carbons (Fsp3) is 0.381. The highest BCUT2D eigenvalue weighted by Crippen LogP contribution is 2.40. The monoisotopic (exact) mass is 341 g/mol. The third-order valence-corrected chi connectivity index (χ3v) is 4.50. The van der Waals surface area contributed by atoms with E-state index in [1.54, 1.807) is 4.90 Å². The van der Waals surface area contributed by atoms with Crippen molar-refractivity contribution in [1.82, 2.24) is 4.90 Å². The van der Waals surface area contributed by atoms with Crippen molar-refractivity contribution in [2.75, 3.05) is 13.1 Å². The number of ether oxygens (including phenoxy) is 1. The number of halogens is 1. The van der Waals surface area contributed by atoms with Crippen LogP contribution in [0.2, 0.25) is 0 Å². The van der Waals surface area contributed by atoms with Crippen molar-refractivity contribution in [3.63, 3.8) is 0 Å². The number of likely N-dealkylation sites (tertiary alicyclic amines) is 1. The highest BCUT2D eigenvalue weighted by atomic mass is 19.1. The summed E-state index contributed by atoms with van der Waals surface area (Å²) in [7, 11) is 0. The SMILES string of the molecule is CC(C)(C)OC(=O)N1CC(c2ccccc2)C(c2ccc(F)cc2)C1. The molecule has 25 heavy (non-hydrogen) atoms. The molecular formula is C21H24FNO2. The van der Waals surface area contributed by atoms with E-state index < -0.39 is 5.60 Å². The molecule has 2 atom stereocenters. The number of benzene rings is 2. The van der Waals surface area contributed by atoms with E-state index in [0.717, 1.165) is 5.56 Å². The molecule has 0 aliphatic carbocycles. The van der Waals surface area contributed by atoms with Gasteiger partial charge < -0.3 is 9.64 Å². The van der Waals surface area contributed by atoms with Crippen LogP contribution in [0.3, 0.4) is 0 Å². The summed E-state index contributed by atoms with van der Waals surface area (Å²) < 4.78 is 18.8. The average Bonchev–Trinajstić information content (AvgIpc) is 3.00. The van der Waals surface area contributed by atoms with Crippen molar-refractivity contribution in [1.29, 1.82) is 0 Å². The summed E-state index contributed by atoms with van der Waals surface area (Å²) in [6, 6.07) is 16.8. The molecule has 0 N–H and O–H groups in total. The zero-order chi connectivity index (χ0) is 18.0. The molecule has 1 saturated heterocycles. The maximum Gasteiger partial charge on any atom is 0.410 e. The van der Waals surface area contributed by atoms with Gasteiger partial charge in [-0.2, -0.15) is 0 Å². The van der Waals surface area contributed by atoms with Crippen molar-refractivity contribution < 1.29 is 13.9 Å². The standard InChI is InChI=1S/C21H24FNO2/c1-21(2,3)25-20(24)23-13-18(15-7-5-4-6-8-15)19(14-23)16-9-11-17(22)12-10-16/h4-12,18-19H,13-14H2,1-3H3. The largest absolute Gasteiger partial charge is 0.444 e. The second-order valence-electron chi connectivity index (χ2n) is 7.56. The number of nitrogens with zero attached hydrogens (tertiary/aromatic N) is 1. The third kappa shape index (κ3) is 4.19. The van der Waals surface area contributed by atoms with Gasteiger partial charge in [0.15, 0.2) is 0 Å². The molecule has 0 bridgehead atoms. The van der Waals surface area contributed by atoms with Gasteiger partial charge in [0.2, 0.25) is 0 Å². The van der Waals surface area contributed by atoms with E-state index >= 15 is 0 Å². The lowest BCUT2D eigenvalue weighted by atomic mass is 9.84. The topological polar surface area (TPSA) is 29.5 Å². The number of carbonyl (C=O) groups excluding carboxylic acids is 1. The molecular weight excluding hydrogens is 317 g/mol. The van der Waals surface area contributed by atoms with E-state index in [2.05, 4.69) is 12.1 Å². The van der Waals surface area contributed by atoms with Gasteiger partial charge in [-0.3, -0.25) is 0 Å². The predicted octanol–water partition coefficient (Wildman–Crippen LogP) is 4.94. The first kappa shape index (κ1) is 17.5. The van der Waals surface area contributed by atoms with Crippen LogP contribution in [0.1, 0.15) is 43.7 Å². The summed E-state index contributed by atoms with van der Waals surface area (Å²) in [4.78, 5) is 14.3. The normalized spacial score (nSPS) is 20.6. The quantitative estimate of drug-likeness (QED) is 0.774. The van der Waals surface area contributed by atoms with E-state index in [1.165, 1.54) is 17.7 Å². The fourth-order valence-electron chi connectivity index (χ4n) is 3.37. The molecule has 1 amide bonds. The fourth-order valence-corrected chi connectivity index (χ4v) is 3.37. The van der Waals surface area contributed by atoms with E-state index in [0.29, 0.717) is 13.1 Å². The first-order chi connectivity index (χ1) is 11.8. The van der Waals surface area contributed by atoms with Gasteiger partial charge in [-0.25, -0.2) is 9.18 Å². The molecule has 0 aromatic heterocycles. The van der Waals surface area contributed by atoms with Gasteiger partial charge in [-0.1, -0.05) is 42.5 Å². The second kappa shape index (κ2) is 6.87. The molecule has 2 aromatic carbocycles. The Balaban J connectivity index is 1.87. The molecule has 0 radical (unpaired) electrons. The zero-order valence-electron chi connectivity index (χ0n) is 14.9. The van der Waals surface area contributed by atoms with Crippen molar-refractivity contribution in [2.45, 2.75) is 38.2 Å². The lowest BCUT2D eigenvalue weighted by Crippen LogP contribution is -2.35. The molecule has 3 nitrogen and oxygen atoms in total. The Hall–Kier alpha value is -2.36. The minimum absolute atomic E-state index is 0.121. The van der Waals surface area contributed by atoms with Gasteiger partial charge in [0.25, 0.3) is 0 Å². The van der Waals surface area contributed by atoms with Crippen LogP contribution in [0.5, 0.6) is 0 Å². The smallest absolute Gasteiger partial charge is 0.410 e. The molecule has 0 saturated carbocycles. The van der Waals surface area contributed by atoms with Crippen LogP contribution >= 0.6 is 0 Å². The summed E-state index contributed by atoms with van der Waals surface area (Å²) in [6.45, 7) is 6.77. The van der Waals surface area contributed by atoms with Gasteiger partial charge in [0, 0.05) is 24.9 Å². The van der Waals surface area contributed by atoms with Gasteiger partial charge in [-0.15, -0.1) is 0 Å². The maximum atomic E-state index is 13.3. The van der Waals surface area contributed by atoms with Crippen LogP contribution in [0, 0.1) is 5.82 Å². The lowest BCUT2D eigenvalue weighted by Gasteiger charge is -2.24. The molecule has 3 rings (SSSR count). The summed E-state index contributed by atoms with van der Waals surface area (Å²) in [5.74, 6) is 0.0386. The molecule has 2 unspecified atom stereocenters. The first-order valence-electron chi connectivity index (χ1n) is 8.62. The number of rotatable bonds is 2. The number of hydrogen-bond acceptors (Lipinski definition) is 2. The van der Waals surface area contributed by atoms with E-state index in [-0.39, 0.29) is 23.7 Å². The Morgan fingerprint density at radius 3 is 2.00 bits per heavy atom. The lowest BCUT2D eigenvalue weighted by molar-refractivity contribution is 0.0290. The summed E-state index contributed by atoms with van der Waals surface area (Å²) in [6.07, 6.45) is -0.293. The number of carbonyl (C=O) groups is 1. The van der Waals surface area contributed by atoms with Crippen LogP contribution in [0.15, 0.2) is 54.6 Å². The maximum absolute atomic E-state index is 13.3. The van der Waals surface area contributed by atoms with Crippen molar-refractivity contribution in [3.05, 3.63) is 71.5 Å². The van der Waals surface area contributed by atoms with Crippen LogP contribution in [0.4, 0.5) is 9.18 Å². The zero-order valence-corrected chi connectivity index (χ0v) is 14.9. The molecule has 0 spiro atoms. The molecule has 1 heterocycles. The minimum Gasteiger partial charge on any atom is -0.444 e. The molecule has 4 heteroatoms. The number of amides is 1. The Kier molecular flexibility index (Phi) is 4.80. The third-order valence-electron chi connectivity index (χ3n) is 4.50. The Bertz CT molecular complexity index is 722. The van der Waals surface area contributed by atoms with Crippen LogP contribution in [-0.2, 0) is 4.74 Å².